The first kappa shape index (κ1) is 18.4. The Bertz CT molecular complexity index is 1150. The molecule has 0 atom stereocenters. The Morgan fingerprint density at radius 3 is 2.70 bits per heavy atom. The molecule has 0 radical (unpaired) electrons. The monoisotopic (exact) mass is 381 g/mol. The summed E-state index contributed by atoms with van der Waals surface area (Å²) in [6.45, 7) is 0. The number of carboxylic acid groups (broad SMARTS) is 1. The minimum absolute atomic E-state index is 0. The van der Waals surface area contributed by atoms with E-state index in [1.54, 1.807) is 37.7 Å². The van der Waals surface area contributed by atoms with E-state index in [1.165, 1.54) is 0 Å². The molecule has 4 aromatic rings. The predicted molar refractivity (Wildman–Crippen MR) is 108 cm³/mol. The number of nitrogens with zero attached hydrogens (tertiary/aromatic N) is 2. The fourth-order valence-corrected chi connectivity index (χ4v) is 2.91. The molecule has 0 spiro atoms. The number of methoxy groups -OCH3 is 1. The molecule has 0 bridgehead atoms. The van der Waals surface area contributed by atoms with Crippen molar-refractivity contribution in [2.24, 2.45) is 0 Å². The number of rotatable bonds is 4. The van der Waals surface area contributed by atoms with Crippen LogP contribution in [0.25, 0.3) is 21.7 Å². The largest absolute Gasteiger partial charge is 0.497 e. The van der Waals surface area contributed by atoms with Crippen molar-refractivity contribution in [1.82, 2.24) is 9.97 Å². The van der Waals surface area contributed by atoms with E-state index >= 15 is 0 Å². The minimum atomic E-state index is -0.984. The average Bonchev–Trinajstić information content (AvgIpc) is 2.68. The molecule has 0 unspecified atom stereocenters. The van der Waals surface area contributed by atoms with Gasteiger partial charge in [-0.2, -0.15) is 0 Å². The zero-order valence-electron chi connectivity index (χ0n) is 14.3. The highest BCUT2D eigenvalue weighted by Crippen LogP contribution is 2.31. The van der Waals surface area contributed by atoms with Gasteiger partial charge in [-0.25, -0.2) is 9.78 Å². The third kappa shape index (κ3) is 3.47. The Hall–Kier alpha value is -3.38. The number of aromatic nitrogens is 2. The van der Waals surface area contributed by atoms with Crippen LogP contribution in [0.2, 0.25) is 0 Å². The van der Waals surface area contributed by atoms with Gasteiger partial charge < -0.3 is 15.2 Å². The maximum Gasteiger partial charge on any atom is 0.335 e. The molecule has 0 amide bonds. The first-order chi connectivity index (χ1) is 12.7. The van der Waals surface area contributed by atoms with Crippen molar-refractivity contribution in [3.8, 4) is 5.75 Å². The normalized spacial score (nSPS) is 10.4. The van der Waals surface area contributed by atoms with E-state index < -0.39 is 5.97 Å². The molecule has 7 heteroatoms. The van der Waals surface area contributed by atoms with E-state index in [1.807, 2.05) is 30.3 Å². The van der Waals surface area contributed by atoms with Crippen molar-refractivity contribution in [3.63, 3.8) is 0 Å². The van der Waals surface area contributed by atoms with Crippen molar-refractivity contribution in [1.29, 1.82) is 0 Å². The molecule has 0 saturated carbocycles. The van der Waals surface area contributed by atoms with Gasteiger partial charge in [-0.05, 0) is 30.3 Å². The molecule has 2 aromatic heterocycles. The summed E-state index contributed by atoms with van der Waals surface area (Å²) in [7, 11) is 1.61. The van der Waals surface area contributed by atoms with Crippen LogP contribution in [0.3, 0.4) is 0 Å². The number of hydrogen-bond acceptors (Lipinski definition) is 5. The number of fused-ring (bicyclic) bond motifs is 3. The van der Waals surface area contributed by atoms with Crippen LogP contribution in [0.4, 0.5) is 11.5 Å². The van der Waals surface area contributed by atoms with Gasteiger partial charge in [0.15, 0.2) is 0 Å². The second-order valence-electron chi connectivity index (χ2n) is 5.78. The summed E-state index contributed by atoms with van der Waals surface area (Å²) in [6, 6.07) is 14.3. The molecule has 0 aliphatic carbocycles. The Labute approximate surface area is 161 Å². The number of halogens is 1. The topological polar surface area (TPSA) is 84.3 Å². The number of benzene rings is 2. The van der Waals surface area contributed by atoms with E-state index in [-0.39, 0.29) is 18.0 Å². The molecule has 136 valence electrons. The van der Waals surface area contributed by atoms with Crippen LogP contribution in [-0.4, -0.2) is 28.2 Å². The number of ether oxygens (including phenoxy) is 1. The smallest absolute Gasteiger partial charge is 0.335 e. The summed E-state index contributed by atoms with van der Waals surface area (Å²) in [5, 5.41) is 15.2. The quantitative estimate of drug-likeness (QED) is 0.500. The van der Waals surface area contributed by atoms with E-state index in [0.717, 1.165) is 27.6 Å². The molecule has 2 heterocycles. The fourth-order valence-electron chi connectivity index (χ4n) is 2.91. The molecule has 0 aliphatic heterocycles. The van der Waals surface area contributed by atoms with E-state index in [0.29, 0.717) is 11.3 Å². The van der Waals surface area contributed by atoms with Gasteiger partial charge in [-0.15, -0.1) is 12.4 Å². The number of nitrogens with one attached hydrogen (secondary N) is 1. The van der Waals surface area contributed by atoms with Gasteiger partial charge >= 0.3 is 5.97 Å². The SMILES string of the molecule is COc1cccc(Nc2nc3cc(C(=O)O)ccc3c3cnccc23)c1.Cl. The lowest BCUT2D eigenvalue weighted by atomic mass is 10.1. The molecule has 4 rings (SSSR count). The fraction of sp³-hybridized carbons (Fsp3) is 0.0500. The molecule has 0 fully saturated rings. The third-order valence-corrected chi connectivity index (χ3v) is 4.18. The first-order valence-electron chi connectivity index (χ1n) is 7.97. The number of pyridine rings is 2. The number of anilines is 2. The molecule has 2 N–H and O–H groups in total. The Balaban J connectivity index is 0.00000210. The number of carboxylic acids is 1. The number of carbonyl (C=O) groups is 1. The van der Waals surface area contributed by atoms with E-state index in [4.69, 9.17) is 4.74 Å². The highest BCUT2D eigenvalue weighted by atomic mass is 35.5. The molecular weight excluding hydrogens is 366 g/mol. The molecule has 2 aromatic carbocycles. The maximum absolute atomic E-state index is 11.3. The van der Waals surface area contributed by atoms with Crippen LogP contribution in [-0.2, 0) is 0 Å². The van der Waals surface area contributed by atoms with Crippen LogP contribution in [0, 0.1) is 0 Å². The summed E-state index contributed by atoms with van der Waals surface area (Å²) < 4.78 is 5.26. The zero-order chi connectivity index (χ0) is 18.1. The van der Waals surface area contributed by atoms with Crippen LogP contribution in [0.15, 0.2) is 60.9 Å². The van der Waals surface area contributed by atoms with E-state index in [2.05, 4.69) is 15.3 Å². The van der Waals surface area contributed by atoms with Crippen LogP contribution >= 0.6 is 12.4 Å². The van der Waals surface area contributed by atoms with Gasteiger partial charge in [0.2, 0.25) is 0 Å². The zero-order valence-corrected chi connectivity index (χ0v) is 15.2. The van der Waals surface area contributed by atoms with Crippen molar-refractivity contribution in [2.45, 2.75) is 0 Å². The second kappa shape index (κ2) is 7.47. The molecular formula is C20H16ClN3O3. The van der Waals surface area contributed by atoms with Crippen LogP contribution < -0.4 is 10.1 Å². The maximum atomic E-state index is 11.3. The number of hydrogen-bond donors (Lipinski definition) is 2. The lowest BCUT2D eigenvalue weighted by molar-refractivity contribution is 0.0697. The third-order valence-electron chi connectivity index (χ3n) is 4.18. The summed E-state index contributed by atoms with van der Waals surface area (Å²) in [5.41, 5.74) is 1.61. The highest BCUT2D eigenvalue weighted by Gasteiger charge is 2.11. The second-order valence-corrected chi connectivity index (χ2v) is 5.78. The van der Waals surface area contributed by atoms with Gasteiger partial charge in [0.25, 0.3) is 0 Å². The van der Waals surface area contributed by atoms with Crippen molar-refractivity contribution >= 4 is 51.6 Å². The van der Waals surface area contributed by atoms with Gasteiger partial charge in [0.05, 0.1) is 18.2 Å². The van der Waals surface area contributed by atoms with Gasteiger partial charge in [-0.1, -0.05) is 12.1 Å². The van der Waals surface area contributed by atoms with Crippen molar-refractivity contribution in [3.05, 3.63) is 66.5 Å². The molecule has 27 heavy (non-hydrogen) atoms. The molecule has 0 saturated heterocycles. The summed E-state index contributed by atoms with van der Waals surface area (Å²) >= 11 is 0. The Kier molecular flexibility index (Phi) is 5.09. The van der Waals surface area contributed by atoms with Gasteiger partial charge in [0, 0.05) is 40.3 Å². The Morgan fingerprint density at radius 1 is 1.07 bits per heavy atom. The number of aromatic carboxylic acids is 1. The van der Waals surface area contributed by atoms with E-state index in [9.17, 15) is 9.90 Å². The summed E-state index contributed by atoms with van der Waals surface area (Å²) in [5.74, 6) is 0.378. The van der Waals surface area contributed by atoms with Gasteiger partial charge in [-0.3, -0.25) is 4.98 Å². The highest BCUT2D eigenvalue weighted by molar-refractivity contribution is 6.11. The summed E-state index contributed by atoms with van der Waals surface area (Å²) in [4.78, 5) is 20.1. The minimum Gasteiger partial charge on any atom is -0.497 e. The average molecular weight is 382 g/mol. The van der Waals surface area contributed by atoms with Crippen molar-refractivity contribution in [2.75, 3.05) is 12.4 Å². The lowest BCUT2D eigenvalue weighted by Crippen LogP contribution is -1.99. The van der Waals surface area contributed by atoms with Crippen LogP contribution in [0.5, 0.6) is 5.75 Å². The van der Waals surface area contributed by atoms with Gasteiger partial charge in [0.1, 0.15) is 11.6 Å². The molecule has 6 nitrogen and oxygen atoms in total. The lowest BCUT2D eigenvalue weighted by Gasteiger charge is -2.12. The van der Waals surface area contributed by atoms with Crippen molar-refractivity contribution < 1.29 is 14.6 Å². The Morgan fingerprint density at radius 2 is 1.93 bits per heavy atom. The molecule has 0 aliphatic rings. The van der Waals surface area contributed by atoms with Crippen LogP contribution in [0.1, 0.15) is 10.4 Å². The predicted octanol–water partition coefficient (Wildman–Crippen LogP) is 4.66. The summed E-state index contributed by atoms with van der Waals surface area (Å²) in [6.07, 6.45) is 3.47. The first-order valence-corrected chi connectivity index (χ1v) is 7.97. The standard InChI is InChI=1S/C20H15N3O3.ClH/c1-26-14-4-2-3-13(10-14)22-19-16-7-8-21-11-17(16)15-6-5-12(20(24)25)9-18(15)23-19;/h2-11H,1H3,(H,22,23)(H,24,25);1H.